The van der Waals surface area contributed by atoms with Crippen LogP contribution in [-0.2, 0) is 9.53 Å². The predicted octanol–water partition coefficient (Wildman–Crippen LogP) is 1.69. The first-order chi connectivity index (χ1) is 8.08. The number of amides is 1. The molecule has 0 spiro atoms. The topological polar surface area (TPSA) is 62.4 Å². The van der Waals surface area contributed by atoms with E-state index in [9.17, 15) is 9.59 Å². The van der Waals surface area contributed by atoms with Gasteiger partial charge in [0.15, 0.2) is 0 Å². The van der Waals surface area contributed by atoms with Crippen LogP contribution in [0.5, 0.6) is 0 Å². The smallest absolute Gasteiger partial charge is 0.325 e. The van der Waals surface area contributed by atoms with Crippen molar-refractivity contribution >= 4 is 23.5 Å². The lowest BCUT2D eigenvalue weighted by Crippen LogP contribution is -2.36. The third-order valence-electron chi connectivity index (χ3n) is 2.21. The molecule has 0 fully saturated rings. The van der Waals surface area contributed by atoms with Crippen LogP contribution in [0.2, 0.25) is 5.02 Å². The second-order valence-corrected chi connectivity index (χ2v) is 3.97. The molecule has 1 rings (SSSR count). The number of carbonyl (C=O) groups excluding carboxylic acids is 2. The summed E-state index contributed by atoms with van der Waals surface area (Å²) in [5.74, 6) is -0.700. The summed E-state index contributed by atoms with van der Waals surface area (Å²) in [5.41, 5.74) is 0.368. The predicted molar refractivity (Wildman–Crippen MR) is 64.0 cm³/mol. The summed E-state index contributed by atoms with van der Waals surface area (Å²) in [5, 5.41) is 0.461. The summed E-state index contributed by atoms with van der Waals surface area (Å²) in [4.78, 5) is 27.4. The molecule has 1 aromatic rings. The standard InChI is InChI=1S/C11H15ClN2O3/c1-3-4-14(7-10(15)17-2)11(16)9-5-8(12)6-13-9/h5-6,13H,3-4,7H2,1-2H3. The monoisotopic (exact) mass is 258 g/mol. The fourth-order valence-electron chi connectivity index (χ4n) is 1.40. The van der Waals surface area contributed by atoms with Crippen molar-refractivity contribution in [2.24, 2.45) is 0 Å². The normalized spacial score (nSPS) is 10.1. The molecule has 0 atom stereocenters. The lowest BCUT2D eigenvalue weighted by Gasteiger charge is -2.19. The zero-order valence-corrected chi connectivity index (χ0v) is 10.6. The molecule has 0 unspecified atom stereocenters. The van der Waals surface area contributed by atoms with Crippen molar-refractivity contribution < 1.29 is 14.3 Å². The Morgan fingerprint density at radius 2 is 2.24 bits per heavy atom. The molecular formula is C11H15ClN2O3. The van der Waals surface area contributed by atoms with Crippen LogP contribution >= 0.6 is 11.6 Å². The van der Waals surface area contributed by atoms with Crippen LogP contribution in [0, 0.1) is 0 Å². The number of hydrogen-bond donors (Lipinski definition) is 1. The minimum atomic E-state index is -0.440. The average Bonchev–Trinajstić information content (AvgIpc) is 2.74. The van der Waals surface area contributed by atoms with E-state index in [-0.39, 0.29) is 12.5 Å². The number of nitrogens with one attached hydrogen (secondary N) is 1. The Hall–Kier alpha value is -1.49. The summed E-state index contributed by atoms with van der Waals surface area (Å²) in [6.07, 6.45) is 2.29. The molecule has 6 heteroatoms. The van der Waals surface area contributed by atoms with E-state index in [1.54, 1.807) is 0 Å². The van der Waals surface area contributed by atoms with Crippen molar-refractivity contribution in [2.45, 2.75) is 13.3 Å². The van der Waals surface area contributed by atoms with Gasteiger partial charge in [0.25, 0.3) is 5.91 Å². The van der Waals surface area contributed by atoms with Gasteiger partial charge in [-0.05, 0) is 12.5 Å². The molecule has 0 aliphatic carbocycles. The highest BCUT2D eigenvalue weighted by Crippen LogP contribution is 2.12. The van der Waals surface area contributed by atoms with Crippen LogP contribution in [0.4, 0.5) is 0 Å². The minimum Gasteiger partial charge on any atom is -0.468 e. The molecule has 0 radical (unpaired) electrons. The molecule has 0 aliphatic rings. The summed E-state index contributed by atoms with van der Waals surface area (Å²) >= 11 is 5.73. The number of carbonyl (C=O) groups is 2. The van der Waals surface area contributed by atoms with E-state index in [1.165, 1.54) is 24.3 Å². The maximum absolute atomic E-state index is 12.0. The number of nitrogens with zero attached hydrogens (tertiary/aromatic N) is 1. The quantitative estimate of drug-likeness (QED) is 0.818. The van der Waals surface area contributed by atoms with Gasteiger partial charge >= 0.3 is 5.97 Å². The number of H-pyrrole nitrogens is 1. The number of aromatic amines is 1. The van der Waals surface area contributed by atoms with E-state index in [2.05, 4.69) is 9.72 Å². The highest BCUT2D eigenvalue weighted by atomic mass is 35.5. The first kappa shape index (κ1) is 13.6. The van der Waals surface area contributed by atoms with Gasteiger partial charge in [-0.15, -0.1) is 0 Å². The Morgan fingerprint density at radius 3 is 2.71 bits per heavy atom. The van der Waals surface area contributed by atoms with Gasteiger partial charge in [-0.1, -0.05) is 18.5 Å². The summed E-state index contributed by atoms with van der Waals surface area (Å²) in [6, 6.07) is 1.53. The second-order valence-electron chi connectivity index (χ2n) is 3.53. The number of aromatic nitrogens is 1. The van der Waals surface area contributed by atoms with Crippen LogP contribution in [-0.4, -0.2) is 42.0 Å². The zero-order valence-electron chi connectivity index (χ0n) is 9.83. The summed E-state index contributed by atoms with van der Waals surface area (Å²) in [6.45, 7) is 2.36. The van der Waals surface area contributed by atoms with Crippen LogP contribution in [0.3, 0.4) is 0 Å². The molecular weight excluding hydrogens is 244 g/mol. The Bertz CT molecular complexity index is 403. The van der Waals surface area contributed by atoms with Crippen LogP contribution < -0.4 is 0 Å². The highest BCUT2D eigenvalue weighted by molar-refractivity contribution is 6.30. The number of esters is 1. The van der Waals surface area contributed by atoms with Gasteiger partial charge in [0, 0.05) is 12.7 Å². The first-order valence-corrected chi connectivity index (χ1v) is 5.66. The largest absolute Gasteiger partial charge is 0.468 e. The minimum absolute atomic E-state index is 0.0557. The van der Waals surface area contributed by atoms with Crippen molar-refractivity contribution in [1.82, 2.24) is 9.88 Å². The van der Waals surface area contributed by atoms with Gasteiger partial charge in [-0.2, -0.15) is 0 Å². The van der Waals surface area contributed by atoms with E-state index < -0.39 is 5.97 Å². The Balaban J connectivity index is 2.76. The lowest BCUT2D eigenvalue weighted by molar-refractivity contribution is -0.141. The Labute approximate surface area is 105 Å². The molecule has 0 aliphatic heterocycles. The summed E-state index contributed by atoms with van der Waals surface area (Å²) in [7, 11) is 1.29. The third-order valence-corrected chi connectivity index (χ3v) is 2.42. The molecule has 94 valence electrons. The van der Waals surface area contributed by atoms with Crippen molar-refractivity contribution in [3.8, 4) is 0 Å². The summed E-state index contributed by atoms with van der Waals surface area (Å²) < 4.78 is 4.55. The van der Waals surface area contributed by atoms with Crippen molar-refractivity contribution in [3.05, 3.63) is 23.0 Å². The molecule has 0 aromatic carbocycles. The van der Waals surface area contributed by atoms with Gasteiger partial charge in [-0.25, -0.2) is 0 Å². The van der Waals surface area contributed by atoms with Crippen molar-refractivity contribution in [1.29, 1.82) is 0 Å². The van der Waals surface area contributed by atoms with Gasteiger partial charge in [0.05, 0.1) is 12.1 Å². The highest BCUT2D eigenvalue weighted by Gasteiger charge is 2.19. The molecule has 5 nitrogen and oxygen atoms in total. The molecule has 1 N–H and O–H groups in total. The average molecular weight is 259 g/mol. The molecule has 1 amide bonds. The van der Waals surface area contributed by atoms with E-state index in [0.29, 0.717) is 17.3 Å². The first-order valence-electron chi connectivity index (χ1n) is 5.28. The van der Waals surface area contributed by atoms with Crippen molar-refractivity contribution in [3.63, 3.8) is 0 Å². The van der Waals surface area contributed by atoms with Crippen LogP contribution in [0.25, 0.3) is 0 Å². The molecule has 1 aromatic heterocycles. The van der Waals surface area contributed by atoms with E-state index in [4.69, 9.17) is 11.6 Å². The maximum atomic E-state index is 12.0. The van der Waals surface area contributed by atoms with Gasteiger partial charge in [0.2, 0.25) is 0 Å². The molecule has 1 heterocycles. The van der Waals surface area contributed by atoms with Gasteiger partial charge in [-0.3, -0.25) is 9.59 Å². The maximum Gasteiger partial charge on any atom is 0.325 e. The lowest BCUT2D eigenvalue weighted by atomic mass is 10.3. The SMILES string of the molecule is CCCN(CC(=O)OC)C(=O)c1cc(Cl)c[nH]1. The molecule has 0 bridgehead atoms. The molecule has 17 heavy (non-hydrogen) atoms. The fraction of sp³-hybridized carbons (Fsp3) is 0.455. The van der Waals surface area contributed by atoms with Crippen LogP contribution in [0.1, 0.15) is 23.8 Å². The van der Waals surface area contributed by atoms with Gasteiger partial charge < -0.3 is 14.6 Å². The van der Waals surface area contributed by atoms with E-state index in [0.717, 1.165) is 6.42 Å². The number of ether oxygens (including phenoxy) is 1. The fourth-order valence-corrected chi connectivity index (χ4v) is 1.57. The Morgan fingerprint density at radius 1 is 1.53 bits per heavy atom. The van der Waals surface area contributed by atoms with Crippen LogP contribution in [0.15, 0.2) is 12.3 Å². The zero-order chi connectivity index (χ0) is 12.8. The van der Waals surface area contributed by atoms with Gasteiger partial charge in [0.1, 0.15) is 12.2 Å². The van der Waals surface area contributed by atoms with E-state index >= 15 is 0 Å². The Kier molecular flexibility index (Phi) is 5.03. The van der Waals surface area contributed by atoms with Crippen molar-refractivity contribution in [2.75, 3.05) is 20.2 Å². The number of halogens is 1. The third kappa shape index (κ3) is 3.78. The van der Waals surface area contributed by atoms with E-state index in [1.807, 2.05) is 6.92 Å². The molecule has 0 saturated carbocycles. The number of rotatable bonds is 5. The number of methoxy groups -OCH3 is 1. The number of hydrogen-bond acceptors (Lipinski definition) is 3. The molecule has 0 saturated heterocycles. The second kappa shape index (κ2) is 6.30.